The molecule has 0 amide bonds. The van der Waals surface area contributed by atoms with Crippen LogP contribution in [0.3, 0.4) is 0 Å². The molecule has 0 aliphatic carbocycles. The van der Waals surface area contributed by atoms with Crippen LogP contribution >= 0.6 is 27.5 Å². The molecule has 1 nitrogen and oxygen atoms in total. The van der Waals surface area contributed by atoms with E-state index in [-0.39, 0.29) is 22.6 Å². The summed E-state index contributed by atoms with van der Waals surface area (Å²) in [5, 5.41) is 8.47. The quantitative estimate of drug-likeness (QED) is 0.835. The van der Waals surface area contributed by atoms with Gasteiger partial charge in [0.15, 0.2) is 0 Å². The van der Waals surface area contributed by atoms with Gasteiger partial charge in [-0.15, -0.1) is 11.6 Å². The SMILES string of the molecule is OCC(Br)C(Cl)c1ccc(F)cc1. The molecule has 0 spiro atoms. The number of alkyl halides is 2. The molecule has 0 bridgehead atoms. The summed E-state index contributed by atoms with van der Waals surface area (Å²) >= 11 is 9.20. The van der Waals surface area contributed by atoms with E-state index in [1.54, 1.807) is 12.1 Å². The molecule has 4 heteroatoms. The highest BCUT2D eigenvalue weighted by molar-refractivity contribution is 9.09. The van der Waals surface area contributed by atoms with Gasteiger partial charge in [-0.2, -0.15) is 0 Å². The minimum absolute atomic E-state index is 0.0501. The van der Waals surface area contributed by atoms with Crippen LogP contribution in [0.1, 0.15) is 10.9 Å². The first-order valence-electron chi connectivity index (χ1n) is 3.79. The summed E-state index contributed by atoms with van der Waals surface area (Å²) in [5.74, 6) is -0.289. The Balaban J connectivity index is 2.77. The van der Waals surface area contributed by atoms with Crippen molar-refractivity contribution in [3.63, 3.8) is 0 Å². The lowest BCUT2D eigenvalue weighted by atomic mass is 10.1. The van der Waals surface area contributed by atoms with Crippen molar-refractivity contribution in [2.75, 3.05) is 6.61 Å². The van der Waals surface area contributed by atoms with Gasteiger partial charge in [-0.1, -0.05) is 28.1 Å². The second-order valence-electron chi connectivity index (χ2n) is 2.65. The summed E-state index contributed by atoms with van der Waals surface area (Å²) < 4.78 is 12.5. The third-order valence-corrected chi connectivity index (χ3v) is 3.36. The van der Waals surface area contributed by atoms with Crippen molar-refractivity contribution < 1.29 is 9.50 Å². The Morgan fingerprint density at radius 2 is 1.92 bits per heavy atom. The van der Waals surface area contributed by atoms with E-state index in [1.807, 2.05) is 0 Å². The summed E-state index contributed by atoms with van der Waals surface area (Å²) in [6.45, 7) is -0.0501. The van der Waals surface area contributed by atoms with Crippen LogP contribution in [-0.2, 0) is 0 Å². The van der Waals surface area contributed by atoms with Crippen LogP contribution in [0.25, 0.3) is 0 Å². The zero-order valence-corrected chi connectivity index (χ0v) is 9.09. The Labute approximate surface area is 89.7 Å². The standard InChI is InChI=1S/C9H9BrClFO/c10-8(5-13)9(11)6-1-3-7(12)4-2-6/h1-4,8-9,13H,5H2. The Morgan fingerprint density at radius 1 is 1.38 bits per heavy atom. The third-order valence-electron chi connectivity index (χ3n) is 1.68. The van der Waals surface area contributed by atoms with Crippen LogP contribution in [0.4, 0.5) is 4.39 Å². The Hall–Kier alpha value is -0.120. The van der Waals surface area contributed by atoms with Crippen molar-refractivity contribution in [2.45, 2.75) is 10.2 Å². The maximum Gasteiger partial charge on any atom is 0.123 e. The molecular formula is C9H9BrClFO. The number of hydrogen-bond donors (Lipinski definition) is 1. The molecule has 0 heterocycles. The molecule has 0 radical (unpaired) electrons. The van der Waals surface area contributed by atoms with Crippen molar-refractivity contribution in [3.8, 4) is 0 Å². The molecule has 0 aliphatic rings. The lowest BCUT2D eigenvalue weighted by molar-refractivity contribution is 0.294. The maximum atomic E-state index is 12.5. The van der Waals surface area contributed by atoms with Gasteiger partial charge in [-0.05, 0) is 17.7 Å². The van der Waals surface area contributed by atoms with Crippen LogP contribution in [0, 0.1) is 5.82 Å². The summed E-state index contributed by atoms with van der Waals surface area (Å²) in [6, 6.07) is 5.91. The maximum absolute atomic E-state index is 12.5. The summed E-state index contributed by atoms with van der Waals surface area (Å²) in [7, 11) is 0. The first-order valence-corrected chi connectivity index (χ1v) is 5.15. The number of benzene rings is 1. The second-order valence-corrected chi connectivity index (χ2v) is 4.30. The summed E-state index contributed by atoms with van der Waals surface area (Å²) in [5.41, 5.74) is 0.791. The summed E-state index contributed by atoms with van der Waals surface area (Å²) in [4.78, 5) is -0.209. The average Bonchev–Trinajstić information content (AvgIpc) is 2.17. The highest BCUT2D eigenvalue weighted by Crippen LogP contribution is 2.28. The van der Waals surface area contributed by atoms with E-state index >= 15 is 0 Å². The minimum Gasteiger partial charge on any atom is -0.395 e. The third kappa shape index (κ3) is 2.93. The number of aliphatic hydroxyl groups excluding tert-OH is 1. The fourth-order valence-electron chi connectivity index (χ4n) is 0.948. The van der Waals surface area contributed by atoms with Crippen LogP contribution in [0.5, 0.6) is 0 Å². The molecule has 13 heavy (non-hydrogen) atoms. The fraction of sp³-hybridized carbons (Fsp3) is 0.333. The average molecular weight is 268 g/mol. The second kappa shape index (κ2) is 4.94. The number of rotatable bonds is 3. The zero-order chi connectivity index (χ0) is 9.84. The lowest BCUT2D eigenvalue weighted by Crippen LogP contribution is -2.11. The summed E-state index contributed by atoms with van der Waals surface area (Å²) in [6.07, 6.45) is 0. The predicted octanol–water partition coefficient (Wildman–Crippen LogP) is 2.86. The smallest absolute Gasteiger partial charge is 0.123 e. The van der Waals surface area contributed by atoms with Crippen molar-refractivity contribution >= 4 is 27.5 Å². The van der Waals surface area contributed by atoms with Crippen molar-refractivity contribution in [1.29, 1.82) is 0 Å². The van der Waals surface area contributed by atoms with Gasteiger partial charge in [-0.25, -0.2) is 4.39 Å². The molecule has 0 saturated carbocycles. The van der Waals surface area contributed by atoms with Gasteiger partial charge >= 0.3 is 0 Å². The van der Waals surface area contributed by atoms with E-state index in [0.29, 0.717) is 0 Å². The van der Waals surface area contributed by atoms with E-state index in [1.165, 1.54) is 12.1 Å². The van der Waals surface area contributed by atoms with Crippen LogP contribution < -0.4 is 0 Å². The molecule has 2 unspecified atom stereocenters. The molecule has 0 aromatic heterocycles. The van der Waals surface area contributed by atoms with Crippen LogP contribution in [-0.4, -0.2) is 16.5 Å². The molecule has 0 saturated heterocycles. The van der Waals surface area contributed by atoms with E-state index in [0.717, 1.165) is 5.56 Å². The highest BCUT2D eigenvalue weighted by Gasteiger charge is 2.16. The monoisotopic (exact) mass is 266 g/mol. The molecule has 1 rings (SSSR count). The first-order chi connectivity index (χ1) is 6.15. The van der Waals surface area contributed by atoms with E-state index in [2.05, 4.69) is 15.9 Å². The minimum atomic E-state index is -0.342. The number of hydrogen-bond acceptors (Lipinski definition) is 1. The number of halogens is 3. The van der Waals surface area contributed by atoms with Crippen LogP contribution in [0.15, 0.2) is 24.3 Å². The van der Waals surface area contributed by atoms with Gasteiger partial charge in [0, 0.05) is 0 Å². The molecule has 1 N–H and O–H groups in total. The molecule has 0 fully saturated rings. The van der Waals surface area contributed by atoms with E-state index in [9.17, 15) is 4.39 Å². The first kappa shape index (κ1) is 11.0. The normalized spacial score (nSPS) is 15.4. The molecule has 72 valence electrons. The van der Waals surface area contributed by atoms with Gasteiger partial charge < -0.3 is 5.11 Å². The van der Waals surface area contributed by atoms with Gasteiger partial charge in [-0.3, -0.25) is 0 Å². The number of aliphatic hydroxyl groups is 1. The molecule has 1 aromatic rings. The predicted molar refractivity (Wildman–Crippen MR) is 54.8 cm³/mol. The Bertz CT molecular complexity index is 265. The lowest BCUT2D eigenvalue weighted by Gasteiger charge is -2.13. The molecule has 1 aromatic carbocycles. The Morgan fingerprint density at radius 3 is 2.38 bits per heavy atom. The zero-order valence-electron chi connectivity index (χ0n) is 6.75. The van der Waals surface area contributed by atoms with Crippen molar-refractivity contribution in [1.82, 2.24) is 0 Å². The van der Waals surface area contributed by atoms with Gasteiger partial charge in [0.2, 0.25) is 0 Å². The van der Waals surface area contributed by atoms with Gasteiger partial charge in [0.05, 0.1) is 16.8 Å². The molecule has 2 atom stereocenters. The topological polar surface area (TPSA) is 20.2 Å². The van der Waals surface area contributed by atoms with Gasteiger partial charge in [0.1, 0.15) is 5.82 Å². The molecular weight excluding hydrogens is 258 g/mol. The van der Waals surface area contributed by atoms with Crippen molar-refractivity contribution in [2.24, 2.45) is 0 Å². The van der Waals surface area contributed by atoms with E-state index < -0.39 is 0 Å². The largest absolute Gasteiger partial charge is 0.395 e. The fourth-order valence-corrected chi connectivity index (χ4v) is 1.48. The van der Waals surface area contributed by atoms with Crippen LogP contribution in [0.2, 0.25) is 0 Å². The van der Waals surface area contributed by atoms with Gasteiger partial charge in [0.25, 0.3) is 0 Å². The van der Waals surface area contributed by atoms with E-state index in [4.69, 9.17) is 16.7 Å². The van der Waals surface area contributed by atoms with Crippen molar-refractivity contribution in [3.05, 3.63) is 35.6 Å². The highest BCUT2D eigenvalue weighted by atomic mass is 79.9. The molecule has 0 aliphatic heterocycles. The Kier molecular flexibility index (Phi) is 4.16.